The summed E-state index contributed by atoms with van der Waals surface area (Å²) < 4.78 is 5.30. The fourth-order valence-electron chi connectivity index (χ4n) is 2.75. The molecule has 1 unspecified atom stereocenters. The van der Waals surface area contributed by atoms with Gasteiger partial charge in [-0.2, -0.15) is 0 Å². The van der Waals surface area contributed by atoms with E-state index in [2.05, 4.69) is 15.3 Å². The lowest BCUT2D eigenvalue weighted by atomic mass is 10.0. The molecule has 6 heteroatoms. The summed E-state index contributed by atoms with van der Waals surface area (Å²) in [6, 6.07) is 10.7. The number of nitrogens with one attached hydrogen (secondary N) is 1. The van der Waals surface area contributed by atoms with Gasteiger partial charge >= 0.3 is 5.97 Å². The molecule has 2 aromatic heterocycles. The predicted molar refractivity (Wildman–Crippen MR) is 96.3 cm³/mol. The van der Waals surface area contributed by atoms with Gasteiger partial charge in [0.05, 0.1) is 18.8 Å². The van der Waals surface area contributed by atoms with Crippen LogP contribution < -0.4 is 10.1 Å². The van der Waals surface area contributed by atoms with E-state index < -0.39 is 5.97 Å². The Labute approximate surface area is 145 Å². The molecule has 0 saturated heterocycles. The first kappa shape index (κ1) is 16.7. The molecule has 25 heavy (non-hydrogen) atoms. The SMILES string of the molecule is COc1ccc2ccnc(C(C)Nc3nc(C)ccc3C(=O)O)c2c1. The first-order valence-electron chi connectivity index (χ1n) is 7.89. The van der Waals surface area contributed by atoms with Crippen molar-refractivity contribution in [1.82, 2.24) is 9.97 Å². The molecular formula is C19H19N3O3. The first-order valence-corrected chi connectivity index (χ1v) is 7.89. The number of rotatable bonds is 5. The van der Waals surface area contributed by atoms with Gasteiger partial charge in [0.1, 0.15) is 17.1 Å². The number of carbonyl (C=O) groups is 1. The van der Waals surface area contributed by atoms with Crippen molar-refractivity contribution in [2.45, 2.75) is 19.9 Å². The topological polar surface area (TPSA) is 84.3 Å². The molecule has 2 heterocycles. The number of aryl methyl sites for hydroxylation is 1. The van der Waals surface area contributed by atoms with Crippen molar-refractivity contribution in [1.29, 1.82) is 0 Å². The highest BCUT2D eigenvalue weighted by Crippen LogP contribution is 2.28. The molecular weight excluding hydrogens is 318 g/mol. The molecule has 1 aromatic carbocycles. The van der Waals surface area contributed by atoms with E-state index in [-0.39, 0.29) is 11.6 Å². The number of fused-ring (bicyclic) bond motifs is 1. The molecule has 0 aliphatic heterocycles. The summed E-state index contributed by atoms with van der Waals surface area (Å²) in [5.41, 5.74) is 1.68. The molecule has 0 aliphatic carbocycles. The minimum atomic E-state index is -1.02. The minimum absolute atomic E-state index is 0.135. The molecule has 0 aliphatic rings. The van der Waals surface area contributed by atoms with Gasteiger partial charge in [-0.1, -0.05) is 6.07 Å². The van der Waals surface area contributed by atoms with Gasteiger partial charge in [0.25, 0.3) is 0 Å². The Bertz CT molecular complexity index is 940. The second-order valence-electron chi connectivity index (χ2n) is 5.80. The minimum Gasteiger partial charge on any atom is -0.497 e. The van der Waals surface area contributed by atoms with Crippen LogP contribution in [-0.2, 0) is 0 Å². The molecule has 6 nitrogen and oxygen atoms in total. The van der Waals surface area contributed by atoms with E-state index in [9.17, 15) is 9.90 Å². The predicted octanol–water partition coefficient (Wildman–Crippen LogP) is 3.82. The van der Waals surface area contributed by atoms with Crippen LogP contribution in [0.2, 0.25) is 0 Å². The van der Waals surface area contributed by atoms with Crippen LogP contribution in [0, 0.1) is 6.92 Å². The van der Waals surface area contributed by atoms with Crippen molar-refractivity contribution in [3.63, 3.8) is 0 Å². The van der Waals surface area contributed by atoms with Gasteiger partial charge in [-0.05, 0) is 49.6 Å². The van der Waals surface area contributed by atoms with Crippen LogP contribution in [0.3, 0.4) is 0 Å². The van der Waals surface area contributed by atoms with Gasteiger partial charge in [0.15, 0.2) is 0 Å². The lowest BCUT2D eigenvalue weighted by Crippen LogP contribution is -2.14. The summed E-state index contributed by atoms with van der Waals surface area (Å²) in [4.78, 5) is 20.2. The molecule has 3 aromatic rings. The van der Waals surface area contributed by atoms with Crippen molar-refractivity contribution in [2.24, 2.45) is 0 Å². The average Bonchev–Trinajstić information content (AvgIpc) is 2.60. The number of methoxy groups -OCH3 is 1. The van der Waals surface area contributed by atoms with Crippen LogP contribution >= 0.6 is 0 Å². The number of anilines is 1. The van der Waals surface area contributed by atoms with Crippen molar-refractivity contribution in [3.05, 3.63) is 59.5 Å². The fraction of sp³-hybridized carbons (Fsp3) is 0.211. The standard InChI is InChI=1S/C19H19N3O3/c1-11-4-7-15(19(23)24)18(21-11)22-12(2)17-16-10-14(25-3)6-5-13(16)8-9-20-17/h4-10,12H,1-3H3,(H,21,22)(H,23,24). The lowest BCUT2D eigenvalue weighted by molar-refractivity contribution is 0.0697. The summed E-state index contributed by atoms with van der Waals surface area (Å²) in [6.07, 6.45) is 1.74. The van der Waals surface area contributed by atoms with Crippen molar-refractivity contribution in [2.75, 3.05) is 12.4 Å². The van der Waals surface area contributed by atoms with Gasteiger partial charge in [-0.15, -0.1) is 0 Å². The van der Waals surface area contributed by atoms with Crippen molar-refractivity contribution < 1.29 is 14.6 Å². The van der Waals surface area contributed by atoms with Gasteiger partial charge in [-0.25, -0.2) is 9.78 Å². The number of ether oxygens (including phenoxy) is 1. The number of aromatic carboxylic acids is 1. The van der Waals surface area contributed by atoms with Crippen LogP contribution in [0.15, 0.2) is 42.6 Å². The van der Waals surface area contributed by atoms with Crippen molar-refractivity contribution >= 4 is 22.6 Å². The summed E-state index contributed by atoms with van der Waals surface area (Å²) in [5.74, 6) is 0.0605. The number of aromatic nitrogens is 2. The average molecular weight is 337 g/mol. The zero-order chi connectivity index (χ0) is 18.0. The number of benzene rings is 1. The Kier molecular flexibility index (Phi) is 4.52. The van der Waals surface area contributed by atoms with Crippen LogP contribution in [-0.4, -0.2) is 28.2 Å². The van der Waals surface area contributed by atoms with Crippen LogP contribution in [0.25, 0.3) is 10.8 Å². The number of nitrogens with zero attached hydrogens (tertiary/aromatic N) is 2. The summed E-state index contributed by atoms with van der Waals surface area (Å²) in [7, 11) is 1.62. The van der Waals surface area contributed by atoms with Gasteiger partial charge < -0.3 is 15.2 Å². The Balaban J connectivity index is 2.02. The third-order valence-corrected chi connectivity index (χ3v) is 4.03. The van der Waals surface area contributed by atoms with E-state index in [1.54, 1.807) is 25.4 Å². The molecule has 0 amide bonds. The smallest absolute Gasteiger partial charge is 0.339 e. The highest BCUT2D eigenvalue weighted by atomic mass is 16.5. The highest BCUT2D eigenvalue weighted by Gasteiger charge is 2.17. The highest BCUT2D eigenvalue weighted by molar-refractivity contribution is 5.93. The Morgan fingerprint density at radius 3 is 2.76 bits per heavy atom. The number of pyridine rings is 2. The Morgan fingerprint density at radius 1 is 1.24 bits per heavy atom. The van der Waals surface area contributed by atoms with E-state index in [1.165, 1.54) is 0 Å². The van der Waals surface area contributed by atoms with Crippen LogP contribution in [0.4, 0.5) is 5.82 Å². The second kappa shape index (κ2) is 6.76. The third-order valence-electron chi connectivity index (χ3n) is 4.03. The lowest BCUT2D eigenvalue weighted by Gasteiger charge is -2.18. The number of hydrogen-bond donors (Lipinski definition) is 2. The molecule has 0 bridgehead atoms. The van der Waals surface area contributed by atoms with E-state index in [4.69, 9.17) is 4.74 Å². The summed E-state index contributed by atoms with van der Waals surface area (Å²) in [5, 5.41) is 14.5. The molecule has 0 saturated carbocycles. The summed E-state index contributed by atoms with van der Waals surface area (Å²) >= 11 is 0. The van der Waals surface area contributed by atoms with Gasteiger partial charge in [0.2, 0.25) is 0 Å². The molecule has 3 rings (SSSR count). The monoisotopic (exact) mass is 337 g/mol. The Hall–Kier alpha value is -3.15. The first-order chi connectivity index (χ1) is 12.0. The van der Waals surface area contributed by atoms with Crippen LogP contribution in [0.1, 0.15) is 34.7 Å². The van der Waals surface area contributed by atoms with E-state index >= 15 is 0 Å². The second-order valence-corrected chi connectivity index (χ2v) is 5.80. The van der Waals surface area contributed by atoms with Crippen LogP contribution in [0.5, 0.6) is 5.75 Å². The molecule has 0 fully saturated rings. The van der Waals surface area contributed by atoms with Gasteiger partial charge in [-0.3, -0.25) is 4.98 Å². The maximum atomic E-state index is 11.4. The zero-order valence-electron chi connectivity index (χ0n) is 14.3. The van der Waals surface area contributed by atoms with E-state index in [1.807, 2.05) is 38.1 Å². The normalized spacial score (nSPS) is 12.0. The quantitative estimate of drug-likeness (QED) is 0.736. The number of carboxylic acid groups (broad SMARTS) is 1. The molecule has 0 radical (unpaired) electrons. The molecule has 2 N–H and O–H groups in total. The van der Waals surface area contributed by atoms with Crippen molar-refractivity contribution in [3.8, 4) is 5.75 Å². The molecule has 128 valence electrons. The molecule has 1 atom stereocenters. The maximum Gasteiger partial charge on any atom is 0.339 e. The summed E-state index contributed by atoms with van der Waals surface area (Å²) in [6.45, 7) is 3.75. The number of hydrogen-bond acceptors (Lipinski definition) is 5. The maximum absolute atomic E-state index is 11.4. The Morgan fingerprint density at radius 2 is 2.04 bits per heavy atom. The van der Waals surface area contributed by atoms with E-state index in [0.717, 1.165) is 27.9 Å². The van der Waals surface area contributed by atoms with Gasteiger partial charge in [0, 0.05) is 17.3 Å². The fourth-order valence-corrected chi connectivity index (χ4v) is 2.75. The largest absolute Gasteiger partial charge is 0.497 e. The third kappa shape index (κ3) is 3.38. The molecule has 0 spiro atoms. The van der Waals surface area contributed by atoms with E-state index in [0.29, 0.717) is 5.82 Å². The number of carboxylic acids is 1. The zero-order valence-corrected chi connectivity index (χ0v) is 14.3.